The molecule has 20 heavy (non-hydrogen) atoms. The first-order chi connectivity index (χ1) is 9.67. The van der Waals surface area contributed by atoms with Crippen molar-refractivity contribution in [3.05, 3.63) is 17.5 Å². The summed E-state index contributed by atoms with van der Waals surface area (Å²) in [6.45, 7) is 5.45. The number of fused-ring (bicyclic) bond motifs is 2. The summed E-state index contributed by atoms with van der Waals surface area (Å²) in [7, 11) is 2.09. The highest BCUT2D eigenvalue weighted by Gasteiger charge is 2.40. The monoisotopic (exact) mass is 275 g/mol. The van der Waals surface area contributed by atoms with Crippen LogP contribution in [0.3, 0.4) is 0 Å². The first-order valence-corrected chi connectivity index (χ1v) is 8.41. The van der Waals surface area contributed by atoms with E-state index in [2.05, 4.69) is 42.1 Å². The second kappa shape index (κ2) is 5.88. The van der Waals surface area contributed by atoms with Crippen LogP contribution >= 0.6 is 0 Å². The van der Waals surface area contributed by atoms with E-state index in [1.165, 1.54) is 44.2 Å². The molecule has 2 aliphatic rings. The molecule has 112 valence electrons. The van der Waals surface area contributed by atoms with Crippen molar-refractivity contribution in [2.24, 2.45) is 24.8 Å². The zero-order valence-corrected chi connectivity index (χ0v) is 13.2. The van der Waals surface area contributed by atoms with Crippen LogP contribution in [0.5, 0.6) is 0 Å². The predicted octanol–water partition coefficient (Wildman–Crippen LogP) is 3.60. The van der Waals surface area contributed by atoms with Crippen LogP contribution in [0, 0.1) is 24.7 Å². The molecule has 0 saturated heterocycles. The fourth-order valence-corrected chi connectivity index (χ4v) is 4.55. The molecule has 0 aliphatic heterocycles. The molecule has 1 N–H and O–H groups in total. The topological polar surface area (TPSA) is 29.9 Å². The number of nitrogens with zero attached hydrogens (tertiary/aromatic N) is 2. The minimum atomic E-state index is 0.491. The molecule has 1 aromatic heterocycles. The highest BCUT2D eigenvalue weighted by molar-refractivity contribution is 5.13. The summed E-state index contributed by atoms with van der Waals surface area (Å²) in [6, 6.07) is 2.76. The third-order valence-corrected chi connectivity index (χ3v) is 5.46. The number of hydrogen-bond donors (Lipinski definition) is 1. The molecule has 3 heteroatoms. The molecule has 2 bridgehead atoms. The van der Waals surface area contributed by atoms with Crippen LogP contribution in [-0.2, 0) is 7.05 Å². The number of hydrogen-bond acceptors (Lipinski definition) is 2. The van der Waals surface area contributed by atoms with Crippen LogP contribution in [-0.4, -0.2) is 16.3 Å². The molecule has 3 nitrogen and oxygen atoms in total. The quantitative estimate of drug-likeness (QED) is 0.859. The second-order valence-electron chi connectivity index (χ2n) is 7.01. The van der Waals surface area contributed by atoms with Gasteiger partial charge in [-0.25, -0.2) is 0 Å². The Balaban J connectivity index is 1.71. The third kappa shape index (κ3) is 2.78. The molecule has 2 fully saturated rings. The summed E-state index contributed by atoms with van der Waals surface area (Å²) < 4.78 is 2.08. The Morgan fingerprint density at radius 3 is 2.80 bits per heavy atom. The molecular formula is C17H29N3. The van der Waals surface area contributed by atoms with Crippen molar-refractivity contribution >= 4 is 0 Å². The Labute approximate surface area is 123 Å². The van der Waals surface area contributed by atoms with Gasteiger partial charge in [-0.15, -0.1) is 0 Å². The Kier molecular flexibility index (Phi) is 4.16. The summed E-state index contributed by atoms with van der Waals surface area (Å²) in [6.07, 6.45) is 8.48. The summed E-state index contributed by atoms with van der Waals surface area (Å²) in [5.41, 5.74) is 2.51. The van der Waals surface area contributed by atoms with Crippen molar-refractivity contribution in [3.63, 3.8) is 0 Å². The van der Waals surface area contributed by atoms with Crippen molar-refractivity contribution in [2.45, 2.75) is 58.4 Å². The summed E-state index contributed by atoms with van der Waals surface area (Å²) >= 11 is 0. The number of rotatable bonds is 6. The SMILES string of the molecule is CCCNC(CC1CC2CCC1C2)c1cc(C)nn1C. The zero-order valence-electron chi connectivity index (χ0n) is 13.2. The molecule has 0 amide bonds. The first kappa shape index (κ1) is 14.1. The summed E-state index contributed by atoms with van der Waals surface area (Å²) in [4.78, 5) is 0. The standard InChI is InChI=1S/C17H29N3/c1-4-7-18-16(17-8-12(2)19-20(17)3)11-15-10-13-5-6-14(15)9-13/h8,13-16,18H,4-7,9-11H2,1-3H3. The largest absolute Gasteiger partial charge is 0.309 e. The Bertz CT molecular complexity index is 451. The second-order valence-corrected chi connectivity index (χ2v) is 7.01. The highest BCUT2D eigenvalue weighted by Crippen LogP contribution is 2.50. The van der Waals surface area contributed by atoms with Gasteiger partial charge in [0.05, 0.1) is 11.4 Å². The average molecular weight is 275 g/mol. The number of nitrogens with one attached hydrogen (secondary N) is 1. The van der Waals surface area contributed by atoms with Crippen LogP contribution in [0.2, 0.25) is 0 Å². The minimum Gasteiger partial charge on any atom is -0.309 e. The molecule has 2 saturated carbocycles. The molecule has 0 aromatic carbocycles. The maximum absolute atomic E-state index is 4.54. The molecule has 4 unspecified atom stereocenters. The predicted molar refractivity (Wildman–Crippen MR) is 82.5 cm³/mol. The normalized spacial score (nSPS) is 30.1. The number of aromatic nitrogens is 2. The van der Waals surface area contributed by atoms with Gasteiger partial charge in [-0.3, -0.25) is 4.68 Å². The van der Waals surface area contributed by atoms with Gasteiger partial charge in [0.2, 0.25) is 0 Å². The molecule has 1 heterocycles. The Morgan fingerprint density at radius 2 is 2.25 bits per heavy atom. The van der Waals surface area contributed by atoms with Crippen LogP contribution in [0.4, 0.5) is 0 Å². The van der Waals surface area contributed by atoms with E-state index in [1.54, 1.807) is 0 Å². The van der Waals surface area contributed by atoms with Gasteiger partial charge in [0, 0.05) is 13.1 Å². The van der Waals surface area contributed by atoms with Gasteiger partial charge >= 0.3 is 0 Å². The maximum atomic E-state index is 4.54. The molecular weight excluding hydrogens is 246 g/mol. The minimum absolute atomic E-state index is 0.491. The van der Waals surface area contributed by atoms with E-state index in [-0.39, 0.29) is 0 Å². The number of aryl methyl sites for hydroxylation is 2. The lowest BCUT2D eigenvalue weighted by Crippen LogP contribution is -2.28. The first-order valence-electron chi connectivity index (χ1n) is 8.41. The maximum Gasteiger partial charge on any atom is 0.0597 e. The lowest BCUT2D eigenvalue weighted by Gasteiger charge is -2.27. The van der Waals surface area contributed by atoms with Crippen molar-refractivity contribution in [3.8, 4) is 0 Å². The van der Waals surface area contributed by atoms with Crippen molar-refractivity contribution < 1.29 is 0 Å². The molecule has 1 aromatic rings. The van der Waals surface area contributed by atoms with Gasteiger partial charge in [-0.05, 0) is 69.4 Å². The van der Waals surface area contributed by atoms with Gasteiger partial charge in [0.1, 0.15) is 0 Å². The van der Waals surface area contributed by atoms with E-state index < -0.39 is 0 Å². The van der Waals surface area contributed by atoms with Crippen LogP contribution < -0.4 is 5.32 Å². The fraction of sp³-hybridized carbons (Fsp3) is 0.824. The third-order valence-electron chi connectivity index (χ3n) is 5.46. The molecule has 3 rings (SSSR count). The molecule has 4 atom stereocenters. The molecule has 2 aliphatic carbocycles. The average Bonchev–Trinajstić information content (AvgIpc) is 3.10. The molecule has 0 spiro atoms. The van der Waals surface area contributed by atoms with E-state index in [4.69, 9.17) is 0 Å². The van der Waals surface area contributed by atoms with Gasteiger partial charge in [0.15, 0.2) is 0 Å². The van der Waals surface area contributed by atoms with Gasteiger partial charge in [-0.1, -0.05) is 13.3 Å². The van der Waals surface area contributed by atoms with Gasteiger partial charge in [0.25, 0.3) is 0 Å². The molecule has 0 radical (unpaired) electrons. The van der Waals surface area contributed by atoms with Crippen LogP contribution in [0.1, 0.15) is 62.9 Å². The fourth-order valence-electron chi connectivity index (χ4n) is 4.55. The van der Waals surface area contributed by atoms with E-state index >= 15 is 0 Å². The summed E-state index contributed by atoms with van der Waals surface area (Å²) in [5.74, 6) is 3.00. The lowest BCUT2D eigenvalue weighted by atomic mass is 9.83. The lowest BCUT2D eigenvalue weighted by molar-refractivity contribution is 0.274. The van der Waals surface area contributed by atoms with E-state index in [0.29, 0.717) is 6.04 Å². The zero-order chi connectivity index (χ0) is 14.1. The van der Waals surface area contributed by atoms with Gasteiger partial charge in [-0.2, -0.15) is 5.10 Å². The van der Waals surface area contributed by atoms with Crippen LogP contribution in [0.15, 0.2) is 6.07 Å². The van der Waals surface area contributed by atoms with E-state index in [1.807, 2.05) is 0 Å². The Hall–Kier alpha value is -0.830. The smallest absolute Gasteiger partial charge is 0.0597 e. The van der Waals surface area contributed by atoms with E-state index in [0.717, 1.165) is 30.0 Å². The Morgan fingerprint density at radius 1 is 1.40 bits per heavy atom. The van der Waals surface area contributed by atoms with Crippen molar-refractivity contribution in [1.29, 1.82) is 0 Å². The van der Waals surface area contributed by atoms with Crippen molar-refractivity contribution in [1.82, 2.24) is 15.1 Å². The van der Waals surface area contributed by atoms with E-state index in [9.17, 15) is 0 Å². The van der Waals surface area contributed by atoms with Gasteiger partial charge < -0.3 is 5.32 Å². The highest BCUT2D eigenvalue weighted by atomic mass is 15.3. The van der Waals surface area contributed by atoms with Crippen LogP contribution in [0.25, 0.3) is 0 Å². The van der Waals surface area contributed by atoms with Crippen molar-refractivity contribution in [2.75, 3.05) is 6.54 Å². The summed E-state index contributed by atoms with van der Waals surface area (Å²) in [5, 5.41) is 8.30.